The molecule has 0 atom stereocenters. The molecule has 1 aliphatic carbocycles. The maximum absolute atomic E-state index is 6.36. The Bertz CT molecular complexity index is 333. The Labute approximate surface area is 132 Å². The first-order valence-corrected chi connectivity index (χ1v) is 9.04. The molecule has 2 fully saturated rings. The first-order chi connectivity index (χ1) is 9.59. The highest BCUT2D eigenvalue weighted by atomic mass is 15.2. The van der Waals surface area contributed by atoms with Crippen LogP contribution in [0.3, 0.4) is 0 Å². The second kappa shape index (κ2) is 5.85. The molecule has 21 heavy (non-hydrogen) atoms. The minimum Gasteiger partial charge on any atom is -0.329 e. The standard InChI is InChI=1S/C19H38N2/c1-15(2)16-7-9-21(10-8-16)19(14-20)12-17(3,4)11-18(5,6)13-19/h15-16H,7-14,20H2,1-6H3. The minimum atomic E-state index is 0.243. The van der Waals surface area contributed by atoms with E-state index in [1.165, 1.54) is 45.2 Å². The van der Waals surface area contributed by atoms with Gasteiger partial charge in [0.25, 0.3) is 0 Å². The molecule has 2 rings (SSSR count). The largest absolute Gasteiger partial charge is 0.329 e. The zero-order chi connectivity index (χ0) is 15.9. The van der Waals surface area contributed by atoms with Crippen LogP contribution in [-0.4, -0.2) is 30.1 Å². The highest BCUT2D eigenvalue weighted by Gasteiger charge is 2.50. The van der Waals surface area contributed by atoms with E-state index in [-0.39, 0.29) is 5.54 Å². The first kappa shape index (κ1) is 17.3. The van der Waals surface area contributed by atoms with E-state index >= 15 is 0 Å². The third kappa shape index (κ3) is 3.82. The minimum absolute atomic E-state index is 0.243. The van der Waals surface area contributed by atoms with Crippen LogP contribution in [0.15, 0.2) is 0 Å². The summed E-state index contributed by atoms with van der Waals surface area (Å²) >= 11 is 0. The van der Waals surface area contributed by atoms with E-state index in [4.69, 9.17) is 5.73 Å². The quantitative estimate of drug-likeness (QED) is 0.841. The zero-order valence-corrected chi connectivity index (χ0v) is 15.3. The van der Waals surface area contributed by atoms with Crippen molar-refractivity contribution in [3.8, 4) is 0 Å². The molecule has 124 valence electrons. The SMILES string of the molecule is CC(C)C1CCN(C2(CN)CC(C)(C)CC(C)(C)C2)CC1. The van der Waals surface area contributed by atoms with Gasteiger partial charge in [0.1, 0.15) is 0 Å². The molecule has 1 saturated carbocycles. The van der Waals surface area contributed by atoms with E-state index in [1.807, 2.05) is 0 Å². The van der Waals surface area contributed by atoms with Gasteiger partial charge in [-0.3, -0.25) is 4.90 Å². The maximum atomic E-state index is 6.36. The molecule has 0 aromatic heterocycles. The number of nitrogens with two attached hydrogens (primary N) is 1. The van der Waals surface area contributed by atoms with E-state index in [1.54, 1.807) is 0 Å². The van der Waals surface area contributed by atoms with Gasteiger partial charge in [-0.25, -0.2) is 0 Å². The molecular weight excluding hydrogens is 256 g/mol. The lowest BCUT2D eigenvalue weighted by molar-refractivity contribution is -0.0585. The van der Waals surface area contributed by atoms with E-state index in [0.717, 1.165) is 18.4 Å². The molecule has 2 N–H and O–H groups in total. The molecule has 0 bridgehead atoms. The predicted molar refractivity (Wildman–Crippen MR) is 92.3 cm³/mol. The van der Waals surface area contributed by atoms with Crippen LogP contribution >= 0.6 is 0 Å². The summed E-state index contributed by atoms with van der Waals surface area (Å²) < 4.78 is 0. The topological polar surface area (TPSA) is 29.3 Å². The van der Waals surface area contributed by atoms with Crippen molar-refractivity contribution in [2.45, 2.75) is 79.2 Å². The lowest BCUT2D eigenvalue weighted by Gasteiger charge is -2.57. The third-order valence-corrected chi connectivity index (χ3v) is 6.11. The average molecular weight is 295 g/mol. The van der Waals surface area contributed by atoms with Gasteiger partial charge in [-0.2, -0.15) is 0 Å². The molecular formula is C19H38N2. The predicted octanol–water partition coefficient (Wildman–Crippen LogP) is 4.29. The summed E-state index contributed by atoms with van der Waals surface area (Å²) in [6.45, 7) is 17.9. The summed E-state index contributed by atoms with van der Waals surface area (Å²) in [6, 6.07) is 0. The van der Waals surface area contributed by atoms with E-state index in [9.17, 15) is 0 Å². The average Bonchev–Trinajstić information content (AvgIpc) is 2.35. The molecule has 2 aliphatic rings. The van der Waals surface area contributed by atoms with E-state index < -0.39 is 0 Å². The van der Waals surface area contributed by atoms with Gasteiger partial charge < -0.3 is 5.73 Å². The Kier molecular flexibility index (Phi) is 4.81. The molecule has 1 aliphatic heterocycles. The molecule has 0 amide bonds. The van der Waals surface area contributed by atoms with Crippen molar-refractivity contribution in [1.82, 2.24) is 4.90 Å². The lowest BCUT2D eigenvalue weighted by atomic mass is 9.57. The third-order valence-electron chi connectivity index (χ3n) is 6.11. The summed E-state index contributed by atoms with van der Waals surface area (Å²) in [6.07, 6.45) is 6.59. The van der Waals surface area contributed by atoms with Crippen LogP contribution in [0.25, 0.3) is 0 Å². The Morgan fingerprint density at radius 1 is 0.952 bits per heavy atom. The van der Waals surface area contributed by atoms with Gasteiger partial charge in [-0.05, 0) is 67.9 Å². The molecule has 2 nitrogen and oxygen atoms in total. The van der Waals surface area contributed by atoms with Gasteiger partial charge in [0.05, 0.1) is 0 Å². The summed E-state index contributed by atoms with van der Waals surface area (Å²) in [7, 11) is 0. The number of rotatable bonds is 3. The van der Waals surface area contributed by atoms with Crippen molar-refractivity contribution < 1.29 is 0 Å². The van der Waals surface area contributed by atoms with E-state index in [2.05, 4.69) is 46.4 Å². The van der Waals surface area contributed by atoms with E-state index in [0.29, 0.717) is 10.8 Å². The highest BCUT2D eigenvalue weighted by molar-refractivity contribution is 5.05. The van der Waals surface area contributed by atoms with Crippen LogP contribution < -0.4 is 5.73 Å². The Morgan fingerprint density at radius 3 is 1.81 bits per heavy atom. The summed E-state index contributed by atoms with van der Waals surface area (Å²) in [5, 5.41) is 0. The fraction of sp³-hybridized carbons (Fsp3) is 1.00. The molecule has 1 saturated heterocycles. The molecule has 1 heterocycles. The fourth-order valence-electron chi connectivity index (χ4n) is 5.80. The number of likely N-dealkylation sites (tertiary alicyclic amines) is 1. The molecule has 0 radical (unpaired) electrons. The smallest absolute Gasteiger partial charge is 0.0341 e. The summed E-state index contributed by atoms with van der Waals surface area (Å²) in [4.78, 5) is 2.77. The van der Waals surface area contributed by atoms with Crippen molar-refractivity contribution >= 4 is 0 Å². The summed E-state index contributed by atoms with van der Waals surface area (Å²) in [5.74, 6) is 1.75. The zero-order valence-electron chi connectivity index (χ0n) is 15.3. The Morgan fingerprint density at radius 2 is 1.43 bits per heavy atom. The van der Waals surface area contributed by atoms with Crippen molar-refractivity contribution in [2.75, 3.05) is 19.6 Å². The van der Waals surface area contributed by atoms with Crippen molar-refractivity contribution in [1.29, 1.82) is 0 Å². The van der Waals surface area contributed by atoms with Crippen LogP contribution in [0.4, 0.5) is 0 Å². The molecule has 0 unspecified atom stereocenters. The second-order valence-electron chi connectivity index (χ2n) is 9.86. The molecule has 0 spiro atoms. The number of hydrogen-bond acceptors (Lipinski definition) is 2. The lowest BCUT2D eigenvalue weighted by Crippen LogP contribution is -2.62. The van der Waals surface area contributed by atoms with Gasteiger partial charge in [0.2, 0.25) is 0 Å². The molecule has 0 aromatic carbocycles. The van der Waals surface area contributed by atoms with Crippen LogP contribution in [-0.2, 0) is 0 Å². The first-order valence-electron chi connectivity index (χ1n) is 9.04. The number of hydrogen-bond donors (Lipinski definition) is 1. The van der Waals surface area contributed by atoms with Crippen molar-refractivity contribution in [2.24, 2.45) is 28.4 Å². The molecule has 2 heteroatoms. The monoisotopic (exact) mass is 294 g/mol. The molecule has 0 aromatic rings. The van der Waals surface area contributed by atoms with Crippen LogP contribution in [0.5, 0.6) is 0 Å². The Hall–Kier alpha value is -0.0800. The van der Waals surface area contributed by atoms with Gasteiger partial charge in [0.15, 0.2) is 0 Å². The second-order valence-corrected chi connectivity index (χ2v) is 9.86. The summed E-state index contributed by atoms with van der Waals surface area (Å²) in [5.41, 5.74) is 7.43. The van der Waals surface area contributed by atoms with Crippen LogP contribution in [0, 0.1) is 22.7 Å². The number of piperidine rings is 1. The Balaban J connectivity index is 2.14. The fourth-order valence-corrected chi connectivity index (χ4v) is 5.80. The van der Waals surface area contributed by atoms with Gasteiger partial charge in [-0.15, -0.1) is 0 Å². The van der Waals surface area contributed by atoms with Crippen LogP contribution in [0.2, 0.25) is 0 Å². The van der Waals surface area contributed by atoms with Gasteiger partial charge in [0, 0.05) is 12.1 Å². The number of nitrogens with zero attached hydrogens (tertiary/aromatic N) is 1. The van der Waals surface area contributed by atoms with Gasteiger partial charge >= 0.3 is 0 Å². The highest BCUT2D eigenvalue weighted by Crippen LogP contribution is 2.52. The van der Waals surface area contributed by atoms with Crippen molar-refractivity contribution in [3.05, 3.63) is 0 Å². The van der Waals surface area contributed by atoms with Gasteiger partial charge in [-0.1, -0.05) is 41.5 Å². The normalized spacial score (nSPS) is 29.7. The maximum Gasteiger partial charge on any atom is 0.0341 e. The van der Waals surface area contributed by atoms with Crippen LogP contribution in [0.1, 0.15) is 73.6 Å². The van der Waals surface area contributed by atoms with Crippen molar-refractivity contribution in [3.63, 3.8) is 0 Å².